The fourth-order valence-corrected chi connectivity index (χ4v) is 1.43. The number of carboxylic acids is 1. The average molecular weight is 230 g/mol. The summed E-state index contributed by atoms with van der Waals surface area (Å²) in [5, 5.41) is 8.63. The molecule has 1 aromatic rings. The Balaban J connectivity index is 3.46. The van der Waals surface area contributed by atoms with Crippen molar-refractivity contribution in [2.24, 2.45) is 0 Å². The molecule has 0 saturated carbocycles. The average Bonchev–Trinajstić information content (AvgIpc) is 2.14. The molecule has 0 amide bonds. The lowest BCUT2D eigenvalue weighted by molar-refractivity contribution is 0.0582. The molecule has 0 aliphatic carbocycles. The zero-order chi connectivity index (χ0) is 11.6. The summed E-state index contributed by atoms with van der Waals surface area (Å²) in [6, 6.07) is 1.32. The Morgan fingerprint density at radius 2 is 2.13 bits per heavy atom. The van der Waals surface area contributed by atoms with Crippen LogP contribution >= 0.6 is 11.6 Å². The molecule has 1 heterocycles. The van der Waals surface area contributed by atoms with Gasteiger partial charge in [0.15, 0.2) is 0 Å². The second-order valence-electron chi connectivity index (χ2n) is 2.77. The highest BCUT2D eigenvalue weighted by Crippen LogP contribution is 2.20. The number of carbonyl (C=O) groups excluding carboxylic acids is 1. The van der Waals surface area contributed by atoms with Crippen LogP contribution in [0.25, 0.3) is 0 Å². The van der Waals surface area contributed by atoms with Gasteiger partial charge in [-0.1, -0.05) is 11.6 Å². The van der Waals surface area contributed by atoms with E-state index >= 15 is 0 Å². The topological polar surface area (TPSA) is 76.5 Å². The molecule has 0 bridgehead atoms. The molecule has 5 nitrogen and oxygen atoms in total. The minimum atomic E-state index is -1.31. The van der Waals surface area contributed by atoms with Crippen LogP contribution in [0, 0.1) is 6.92 Å². The monoisotopic (exact) mass is 229 g/mol. The molecule has 6 heteroatoms. The van der Waals surface area contributed by atoms with Crippen LogP contribution in [0.4, 0.5) is 0 Å². The van der Waals surface area contributed by atoms with E-state index in [9.17, 15) is 9.59 Å². The standard InChI is InChI=1S/C9H8ClNO4/c1-4-3-5(9(14)15-2)6(8(12)13)7(10)11-4/h3H,1-2H3,(H,12,13). The number of aromatic nitrogens is 1. The van der Waals surface area contributed by atoms with Gasteiger partial charge in [-0.2, -0.15) is 0 Å². The predicted molar refractivity (Wildman–Crippen MR) is 52.3 cm³/mol. The summed E-state index contributed by atoms with van der Waals surface area (Å²) in [5.74, 6) is -2.06. The van der Waals surface area contributed by atoms with Crippen LogP contribution in [0.1, 0.15) is 26.4 Å². The molecule has 0 radical (unpaired) electrons. The van der Waals surface area contributed by atoms with Gasteiger partial charge in [-0.25, -0.2) is 14.6 Å². The minimum Gasteiger partial charge on any atom is -0.478 e. The number of carboxylic acid groups (broad SMARTS) is 1. The molecular formula is C9H8ClNO4. The van der Waals surface area contributed by atoms with Crippen LogP contribution < -0.4 is 0 Å². The first kappa shape index (κ1) is 11.5. The number of nitrogens with zero attached hydrogens (tertiary/aromatic N) is 1. The Morgan fingerprint density at radius 1 is 1.53 bits per heavy atom. The smallest absolute Gasteiger partial charge is 0.339 e. The van der Waals surface area contributed by atoms with Gasteiger partial charge in [0.05, 0.1) is 12.7 Å². The fourth-order valence-electron chi connectivity index (χ4n) is 1.11. The van der Waals surface area contributed by atoms with Gasteiger partial charge in [0, 0.05) is 5.69 Å². The van der Waals surface area contributed by atoms with E-state index in [1.54, 1.807) is 6.92 Å². The highest BCUT2D eigenvalue weighted by Gasteiger charge is 2.22. The van der Waals surface area contributed by atoms with Gasteiger partial charge < -0.3 is 9.84 Å². The summed E-state index contributed by atoms with van der Waals surface area (Å²) in [7, 11) is 1.16. The molecular weight excluding hydrogens is 222 g/mol. The number of rotatable bonds is 2. The van der Waals surface area contributed by atoms with Crippen molar-refractivity contribution >= 4 is 23.5 Å². The van der Waals surface area contributed by atoms with E-state index in [2.05, 4.69) is 9.72 Å². The normalized spacial score (nSPS) is 9.80. The molecule has 0 atom stereocenters. The summed E-state index contributed by atoms with van der Waals surface area (Å²) in [6.45, 7) is 1.60. The van der Waals surface area contributed by atoms with Crippen molar-refractivity contribution in [1.29, 1.82) is 0 Å². The van der Waals surface area contributed by atoms with Gasteiger partial charge in [-0.15, -0.1) is 0 Å². The third-order valence-corrected chi connectivity index (χ3v) is 2.00. The third kappa shape index (κ3) is 2.24. The summed E-state index contributed by atoms with van der Waals surface area (Å²) < 4.78 is 4.45. The first-order chi connectivity index (χ1) is 6.97. The number of aryl methyl sites for hydroxylation is 1. The van der Waals surface area contributed by atoms with Crippen LogP contribution in [0.5, 0.6) is 0 Å². The van der Waals surface area contributed by atoms with E-state index < -0.39 is 11.9 Å². The van der Waals surface area contributed by atoms with Crippen molar-refractivity contribution < 1.29 is 19.4 Å². The maximum Gasteiger partial charge on any atom is 0.339 e. The number of ether oxygens (including phenoxy) is 1. The zero-order valence-electron chi connectivity index (χ0n) is 8.07. The molecule has 0 aliphatic heterocycles. The molecule has 0 aliphatic rings. The first-order valence-electron chi connectivity index (χ1n) is 3.96. The number of halogens is 1. The van der Waals surface area contributed by atoms with Crippen molar-refractivity contribution in [3.63, 3.8) is 0 Å². The molecule has 80 valence electrons. The van der Waals surface area contributed by atoms with Crippen LogP contribution in [0.2, 0.25) is 5.15 Å². The lowest BCUT2D eigenvalue weighted by Crippen LogP contribution is -2.12. The zero-order valence-corrected chi connectivity index (χ0v) is 8.83. The van der Waals surface area contributed by atoms with Crippen molar-refractivity contribution in [3.8, 4) is 0 Å². The third-order valence-electron chi connectivity index (χ3n) is 1.72. The van der Waals surface area contributed by atoms with Gasteiger partial charge in [-0.3, -0.25) is 0 Å². The quantitative estimate of drug-likeness (QED) is 0.615. The summed E-state index contributed by atoms with van der Waals surface area (Å²) in [4.78, 5) is 25.9. The van der Waals surface area contributed by atoms with Crippen molar-refractivity contribution in [3.05, 3.63) is 28.0 Å². The molecule has 0 aromatic carbocycles. The lowest BCUT2D eigenvalue weighted by Gasteiger charge is -2.06. The van der Waals surface area contributed by atoms with Gasteiger partial charge in [0.25, 0.3) is 0 Å². The van der Waals surface area contributed by atoms with Gasteiger partial charge >= 0.3 is 11.9 Å². The largest absolute Gasteiger partial charge is 0.478 e. The highest BCUT2D eigenvalue weighted by molar-refractivity contribution is 6.33. The summed E-state index contributed by atoms with van der Waals surface area (Å²) >= 11 is 5.63. The lowest BCUT2D eigenvalue weighted by atomic mass is 10.1. The molecule has 1 aromatic heterocycles. The van der Waals surface area contributed by atoms with Crippen LogP contribution in [-0.2, 0) is 4.74 Å². The van der Waals surface area contributed by atoms with Crippen LogP contribution in [0.3, 0.4) is 0 Å². The number of hydrogen-bond acceptors (Lipinski definition) is 4. The van der Waals surface area contributed by atoms with E-state index in [-0.39, 0.29) is 16.3 Å². The van der Waals surface area contributed by atoms with E-state index in [1.807, 2.05) is 0 Å². The molecule has 1 rings (SSSR count). The number of methoxy groups -OCH3 is 1. The maximum atomic E-state index is 11.3. The van der Waals surface area contributed by atoms with Crippen LogP contribution in [0.15, 0.2) is 6.07 Å². The minimum absolute atomic E-state index is 0.0949. The Bertz CT molecular complexity index is 430. The molecule has 1 N–H and O–H groups in total. The molecule has 0 spiro atoms. The van der Waals surface area contributed by atoms with E-state index in [0.29, 0.717) is 5.69 Å². The predicted octanol–water partition coefficient (Wildman–Crippen LogP) is 1.53. The molecule has 0 fully saturated rings. The van der Waals surface area contributed by atoms with E-state index in [0.717, 1.165) is 7.11 Å². The summed E-state index contributed by atoms with van der Waals surface area (Å²) in [6.07, 6.45) is 0. The maximum absolute atomic E-state index is 11.3. The van der Waals surface area contributed by atoms with Crippen molar-refractivity contribution in [1.82, 2.24) is 4.98 Å². The second kappa shape index (κ2) is 4.27. The second-order valence-corrected chi connectivity index (χ2v) is 3.13. The summed E-state index contributed by atoms with van der Waals surface area (Å²) in [5.41, 5.74) is 0.0158. The molecule has 0 saturated heterocycles. The van der Waals surface area contributed by atoms with Crippen LogP contribution in [-0.4, -0.2) is 29.1 Å². The van der Waals surface area contributed by atoms with E-state index in [4.69, 9.17) is 16.7 Å². The Morgan fingerprint density at radius 3 is 2.60 bits per heavy atom. The van der Waals surface area contributed by atoms with E-state index in [1.165, 1.54) is 6.07 Å². The van der Waals surface area contributed by atoms with Crippen molar-refractivity contribution in [2.75, 3.05) is 7.11 Å². The number of hydrogen-bond donors (Lipinski definition) is 1. The number of esters is 1. The first-order valence-corrected chi connectivity index (χ1v) is 4.34. The van der Waals surface area contributed by atoms with Gasteiger partial charge in [0.2, 0.25) is 0 Å². The highest BCUT2D eigenvalue weighted by atomic mass is 35.5. The SMILES string of the molecule is COC(=O)c1cc(C)nc(Cl)c1C(=O)O. The van der Waals surface area contributed by atoms with Gasteiger partial charge in [0.1, 0.15) is 10.7 Å². The molecule has 15 heavy (non-hydrogen) atoms. The van der Waals surface area contributed by atoms with Crippen molar-refractivity contribution in [2.45, 2.75) is 6.92 Å². The Labute approximate surface area is 90.6 Å². The Hall–Kier alpha value is -1.62. The van der Waals surface area contributed by atoms with Gasteiger partial charge in [-0.05, 0) is 13.0 Å². The number of carbonyl (C=O) groups is 2. The molecule has 0 unspecified atom stereocenters. The Kier molecular flexibility index (Phi) is 3.26. The number of aromatic carboxylic acids is 1. The number of pyridine rings is 1. The fraction of sp³-hybridized carbons (Fsp3) is 0.222.